The van der Waals surface area contributed by atoms with Crippen molar-refractivity contribution in [2.75, 3.05) is 42.0 Å². The standard InChI is InChI=1S/C16H20N4O/c1-17-14-9-4-5-10-15(14)19-16(21)18-12-7-6-8-13(11-12)20(2)3/h4-11,17H,1-3H3,(H2,18,19,21). The number of para-hydroxylation sites is 2. The first kappa shape index (κ1) is 14.7. The van der Waals surface area contributed by atoms with Crippen LogP contribution in [0.4, 0.5) is 27.5 Å². The van der Waals surface area contributed by atoms with Crippen LogP contribution in [0.2, 0.25) is 0 Å². The molecule has 21 heavy (non-hydrogen) atoms. The number of carbonyl (C=O) groups is 1. The van der Waals surface area contributed by atoms with Gasteiger partial charge in [-0.25, -0.2) is 4.79 Å². The van der Waals surface area contributed by atoms with Crippen LogP contribution in [0, 0.1) is 0 Å². The van der Waals surface area contributed by atoms with E-state index >= 15 is 0 Å². The van der Waals surface area contributed by atoms with Crippen molar-refractivity contribution in [3.8, 4) is 0 Å². The zero-order valence-corrected chi connectivity index (χ0v) is 12.5. The van der Waals surface area contributed by atoms with Gasteiger partial charge in [-0.3, -0.25) is 0 Å². The minimum Gasteiger partial charge on any atom is -0.386 e. The molecule has 5 nitrogen and oxygen atoms in total. The van der Waals surface area contributed by atoms with Crippen LogP contribution in [0.5, 0.6) is 0 Å². The Bertz CT molecular complexity index is 625. The van der Waals surface area contributed by atoms with Gasteiger partial charge in [0.25, 0.3) is 0 Å². The summed E-state index contributed by atoms with van der Waals surface area (Å²) in [4.78, 5) is 14.1. The maximum absolute atomic E-state index is 12.1. The molecule has 0 spiro atoms. The zero-order valence-electron chi connectivity index (χ0n) is 12.5. The van der Waals surface area contributed by atoms with Gasteiger partial charge in [0.1, 0.15) is 0 Å². The van der Waals surface area contributed by atoms with Gasteiger partial charge in [-0.1, -0.05) is 18.2 Å². The Balaban J connectivity index is 2.06. The molecule has 2 amide bonds. The number of hydrogen-bond donors (Lipinski definition) is 3. The molecule has 110 valence electrons. The minimum absolute atomic E-state index is 0.270. The van der Waals surface area contributed by atoms with Gasteiger partial charge in [0, 0.05) is 32.5 Å². The number of nitrogens with zero attached hydrogens (tertiary/aromatic N) is 1. The van der Waals surface area contributed by atoms with Crippen LogP contribution < -0.4 is 20.9 Å². The topological polar surface area (TPSA) is 56.4 Å². The monoisotopic (exact) mass is 284 g/mol. The first-order valence-electron chi connectivity index (χ1n) is 6.72. The van der Waals surface area contributed by atoms with Crippen molar-refractivity contribution in [2.24, 2.45) is 0 Å². The van der Waals surface area contributed by atoms with Crippen molar-refractivity contribution in [3.05, 3.63) is 48.5 Å². The number of hydrogen-bond acceptors (Lipinski definition) is 3. The SMILES string of the molecule is CNc1ccccc1NC(=O)Nc1cccc(N(C)C)c1. The third-order valence-electron chi connectivity index (χ3n) is 3.07. The lowest BCUT2D eigenvalue weighted by Gasteiger charge is -2.15. The van der Waals surface area contributed by atoms with E-state index < -0.39 is 0 Å². The van der Waals surface area contributed by atoms with Crippen LogP contribution in [-0.4, -0.2) is 27.2 Å². The molecular formula is C16H20N4O. The van der Waals surface area contributed by atoms with Gasteiger partial charge in [0.05, 0.1) is 11.4 Å². The van der Waals surface area contributed by atoms with Gasteiger partial charge < -0.3 is 20.9 Å². The zero-order chi connectivity index (χ0) is 15.2. The fraction of sp³-hybridized carbons (Fsp3) is 0.188. The van der Waals surface area contributed by atoms with Gasteiger partial charge in [-0.2, -0.15) is 0 Å². The van der Waals surface area contributed by atoms with E-state index in [4.69, 9.17) is 0 Å². The van der Waals surface area contributed by atoms with E-state index in [9.17, 15) is 4.79 Å². The molecule has 5 heteroatoms. The Labute approximate surface area is 125 Å². The molecule has 2 aromatic carbocycles. The molecular weight excluding hydrogens is 264 g/mol. The molecule has 0 aromatic heterocycles. The fourth-order valence-electron chi connectivity index (χ4n) is 1.96. The summed E-state index contributed by atoms with van der Waals surface area (Å²) in [5, 5.41) is 8.70. The number of rotatable bonds is 4. The van der Waals surface area contributed by atoms with E-state index in [1.54, 1.807) is 0 Å². The van der Waals surface area contributed by atoms with E-state index in [1.807, 2.05) is 74.6 Å². The van der Waals surface area contributed by atoms with Gasteiger partial charge in [-0.15, -0.1) is 0 Å². The molecule has 2 rings (SSSR count). The second-order valence-corrected chi connectivity index (χ2v) is 4.82. The van der Waals surface area contributed by atoms with E-state index in [0.717, 1.165) is 22.7 Å². The molecule has 0 bridgehead atoms. The summed E-state index contributed by atoms with van der Waals surface area (Å²) in [6.45, 7) is 0. The van der Waals surface area contributed by atoms with Crippen LogP contribution >= 0.6 is 0 Å². The molecule has 0 aliphatic carbocycles. The molecule has 0 atom stereocenters. The Morgan fingerprint density at radius 3 is 2.33 bits per heavy atom. The third-order valence-corrected chi connectivity index (χ3v) is 3.07. The van der Waals surface area contributed by atoms with Crippen molar-refractivity contribution in [3.63, 3.8) is 0 Å². The summed E-state index contributed by atoms with van der Waals surface area (Å²) >= 11 is 0. The number of anilines is 4. The highest BCUT2D eigenvalue weighted by Crippen LogP contribution is 2.21. The largest absolute Gasteiger partial charge is 0.386 e. The number of urea groups is 1. The first-order valence-corrected chi connectivity index (χ1v) is 6.72. The molecule has 0 aliphatic rings. The maximum atomic E-state index is 12.1. The van der Waals surface area contributed by atoms with Gasteiger partial charge in [0.2, 0.25) is 0 Å². The van der Waals surface area contributed by atoms with Crippen molar-refractivity contribution >= 4 is 28.8 Å². The van der Waals surface area contributed by atoms with Crippen molar-refractivity contribution in [1.82, 2.24) is 0 Å². The van der Waals surface area contributed by atoms with E-state index in [0.29, 0.717) is 0 Å². The van der Waals surface area contributed by atoms with Crippen molar-refractivity contribution < 1.29 is 4.79 Å². The fourth-order valence-corrected chi connectivity index (χ4v) is 1.96. The van der Waals surface area contributed by atoms with E-state index in [2.05, 4.69) is 16.0 Å². The van der Waals surface area contributed by atoms with Gasteiger partial charge in [0.15, 0.2) is 0 Å². The van der Waals surface area contributed by atoms with Crippen molar-refractivity contribution in [2.45, 2.75) is 0 Å². The predicted octanol–water partition coefficient (Wildman–Crippen LogP) is 3.44. The average Bonchev–Trinajstić information content (AvgIpc) is 2.48. The molecule has 0 fully saturated rings. The third kappa shape index (κ3) is 3.89. The highest BCUT2D eigenvalue weighted by molar-refractivity contribution is 6.01. The Kier molecular flexibility index (Phi) is 4.66. The minimum atomic E-state index is -0.270. The second-order valence-electron chi connectivity index (χ2n) is 4.82. The summed E-state index contributed by atoms with van der Waals surface area (Å²) in [6, 6.07) is 14.9. The van der Waals surface area contributed by atoms with Crippen LogP contribution in [0.1, 0.15) is 0 Å². The normalized spacial score (nSPS) is 9.86. The summed E-state index contributed by atoms with van der Waals surface area (Å²) in [6.07, 6.45) is 0. The Hall–Kier alpha value is -2.69. The van der Waals surface area contributed by atoms with E-state index in [-0.39, 0.29) is 6.03 Å². The van der Waals surface area contributed by atoms with Gasteiger partial charge in [-0.05, 0) is 30.3 Å². The molecule has 0 heterocycles. The first-order chi connectivity index (χ1) is 10.1. The highest BCUT2D eigenvalue weighted by atomic mass is 16.2. The molecule has 2 aromatic rings. The Morgan fingerprint density at radius 1 is 0.952 bits per heavy atom. The maximum Gasteiger partial charge on any atom is 0.323 e. The summed E-state index contributed by atoms with van der Waals surface area (Å²) in [7, 11) is 5.74. The molecule has 0 saturated carbocycles. The highest BCUT2D eigenvalue weighted by Gasteiger charge is 2.06. The van der Waals surface area contributed by atoms with Crippen LogP contribution in [0.3, 0.4) is 0 Å². The average molecular weight is 284 g/mol. The number of amides is 2. The number of nitrogens with one attached hydrogen (secondary N) is 3. The lowest BCUT2D eigenvalue weighted by atomic mass is 10.2. The van der Waals surface area contributed by atoms with Crippen molar-refractivity contribution in [1.29, 1.82) is 0 Å². The molecule has 0 radical (unpaired) electrons. The lowest BCUT2D eigenvalue weighted by Crippen LogP contribution is -2.20. The smallest absolute Gasteiger partial charge is 0.323 e. The van der Waals surface area contributed by atoms with E-state index in [1.165, 1.54) is 0 Å². The molecule has 0 aliphatic heterocycles. The lowest BCUT2D eigenvalue weighted by molar-refractivity contribution is 0.262. The Morgan fingerprint density at radius 2 is 1.67 bits per heavy atom. The van der Waals surface area contributed by atoms with Crippen LogP contribution in [-0.2, 0) is 0 Å². The number of carbonyl (C=O) groups excluding carboxylic acids is 1. The summed E-state index contributed by atoms with van der Waals surface area (Å²) in [5.74, 6) is 0. The molecule has 3 N–H and O–H groups in total. The summed E-state index contributed by atoms with van der Waals surface area (Å²) < 4.78 is 0. The second kappa shape index (κ2) is 6.65. The molecule has 0 unspecified atom stereocenters. The predicted molar refractivity (Wildman–Crippen MR) is 89.4 cm³/mol. The van der Waals surface area contributed by atoms with Crippen LogP contribution in [0.15, 0.2) is 48.5 Å². The summed E-state index contributed by atoms with van der Waals surface area (Å²) in [5.41, 5.74) is 3.39. The quantitative estimate of drug-likeness (QED) is 0.806. The number of benzene rings is 2. The van der Waals surface area contributed by atoms with Crippen LogP contribution in [0.25, 0.3) is 0 Å². The van der Waals surface area contributed by atoms with Gasteiger partial charge >= 0.3 is 6.03 Å². The molecule has 0 saturated heterocycles.